The van der Waals surface area contributed by atoms with Crippen LogP contribution in [0.3, 0.4) is 0 Å². The molecule has 0 saturated heterocycles. The molecule has 0 saturated carbocycles. The number of rotatable bonds is 7. The second-order valence-corrected chi connectivity index (χ2v) is 4.32. The molecule has 0 unspecified atom stereocenters. The van der Waals surface area contributed by atoms with Crippen molar-refractivity contribution in [2.24, 2.45) is 5.84 Å². The van der Waals surface area contributed by atoms with E-state index in [9.17, 15) is 0 Å². The van der Waals surface area contributed by atoms with E-state index in [0.29, 0.717) is 30.3 Å². The Kier molecular flexibility index (Phi) is 4.88. The number of hydrazine groups is 1. The molecule has 21 heavy (non-hydrogen) atoms. The quantitative estimate of drug-likeness (QED) is 0.505. The van der Waals surface area contributed by atoms with E-state index in [2.05, 4.69) is 30.7 Å². The second kappa shape index (κ2) is 6.84. The van der Waals surface area contributed by atoms with Gasteiger partial charge in [-0.2, -0.15) is 15.0 Å². The lowest BCUT2D eigenvalue weighted by atomic mass is 10.5. The maximum Gasteiger partial charge on any atom is 0.243 e. The summed E-state index contributed by atoms with van der Waals surface area (Å²) in [5.41, 5.74) is 2.45. The molecular weight excluding hydrogens is 272 g/mol. The number of nitrogen functional groups attached to an aromatic ring is 1. The first kappa shape index (κ1) is 15.0. The third kappa shape index (κ3) is 3.78. The maximum absolute atomic E-state index is 5.40. The highest BCUT2D eigenvalue weighted by molar-refractivity contribution is 5.43. The lowest BCUT2D eigenvalue weighted by molar-refractivity contribution is 0.478. The Morgan fingerprint density at radius 1 is 1.19 bits per heavy atom. The third-order valence-corrected chi connectivity index (χ3v) is 2.87. The molecule has 9 heteroatoms. The Hall–Kier alpha value is -2.42. The molecule has 114 valence electrons. The molecule has 0 fully saturated rings. The molecule has 0 atom stereocenters. The molecule has 2 rings (SSSR count). The summed E-state index contributed by atoms with van der Waals surface area (Å²) in [6.45, 7) is 7.89. The van der Waals surface area contributed by atoms with E-state index in [1.807, 2.05) is 25.7 Å². The zero-order valence-corrected chi connectivity index (χ0v) is 12.4. The highest BCUT2D eigenvalue weighted by atomic mass is 16.4. The lowest BCUT2D eigenvalue weighted by Crippen LogP contribution is -2.26. The fraction of sp³-hybridized carbons (Fsp3) is 0.500. The van der Waals surface area contributed by atoms with Gasteiger partial charge in [0.15, 0.2) is 0 Å². The van der Waals surface area contributed by atoms with Crippen LogP contribution in [-0.2, 0) is 6.54 Å². The molecule has 0 spiro atoms. The van der Waals surface area contributed by atoms with Gasteiger partial charge >= 0.3 is 0 Å². The van der Waals surface area contributed by atoms with Crippen molar-refractivity contribution in [3.63, 3.8) is 0 Å². The number of nitrogens with zero attached hydrogens (tertiary/aromatic N) is 5. The van der Waals surface area contributed by atoms with Gasteiger partial charge in [0.05, 0.1) is 12.7 Å². The third-order valence-electron chi connectivity index (χ3n) is 2.87. The van der Waals surface area contributed by atoms with Crippen LogP contribution in [0.2, 0.25) is 0 Å². The second-order valence-electron chi connectivity index (χ2n) is 4.32. The molecule has 0 aromatic carbocycles. The average Bonchev–Trinajstić information content (AvgIpc) is 2.92. The lowest BCUT2D eigenvalue weighted by Gasteiger charge is -2.19. The largest absolute Gasteiger partial charge is 0.444 e. The zero-order valence-electron chi connectivity index (χ0n) is 12.4. The first-order valence-corrected chi connectivity index (χ1v) is 6.79. The van der Waals surface area contributed by atoms with Gasteiger partial charge in [-0.3, -0.25) is 5.43 Å². The van der Waals surface area contributed by atoms with E-state index in [0.717, 1.165) is 18.8 Å². The van der Waals surface area contributed by atoms with E-state index >= 15 is 0 Å². The number of hydrogen-bond acceptors (Lipinski definition) is 9. The Morgan fingerprint density at radius 3 is 2.48 bits per heavy atom. The number of nitrogens with one attached hydrogen (secondary N) is 2. The van der Waals surface area contributed by atoms with Gasteiger partial charge in [-0.1, -0.05) is 0 Å². The standard InChI is InChI=1S/C12H20N8O/c1-4-20(5-2)12-17-10(16-11(18-12)19-13)15-7-9-14-6-8(3)21-9/h6H,4-5,7,13H2,1-3H3,(H2,15,16,17,18,19). The van der Waals surface area contributed by atoms with Crippen molar-refractivity contribution in [3.05, 3.63) is 17.8 Å². The summed E-state index contributed by atoms with van der Waals surface area (Å²) in [5.74, 6) is 8.01. The normalized spacial score (nSPS) is 10.5. The van der Waals surface area contributed by atoms with E-state index < -0.39 is 0 Å². The molecule has 2 heterocycles. The molecular formula is C12H20N8O. The topological polar surface area (TPSA) is 118 Å². The highest BCUT2D eigenvalue weighted by Crippen LogP contribution is 2.13. The number of hydrogen-bond donors (Lipinski definition) is 3. The van der Waals surface area contributed by atoms with Gasteiger partial charge < -0.3 is 14.6 Å². The van der Waals surface area contributed by atoms with Crippen LogP contribution < -0.4 is 21.5 Å². The smallest absolute Gasteiger partial charge is 0.243 e. The number of aromatic nitrogens is 4. The predicted molar refractivity (Wildman–Crippen MR) is 79.8 cm³/mol. The van der Waals surface area contributed by atoms with Crippen molar-refractivity contribution >= 4 is 17.8 Å². The van der Waals surface area contributed by atoms with Crippen LogP contribution in [0.4, 0.5) is 17.8 Å². The number of anilines is 3. The highest BCUT2D eigenvalue weighted by Gasteiger charge is 2.11. The van der Waals surface area contributed by atoms with Gasteiger partial charge in [-0.15, -0.1) is 0 Å². The fourth-order valence-corrected chi connectivity index (χ4v) is 1.79. The van der Waals surface area contributed by atoms with Crippen LogP contribution >= 0.6 is 0 Å². The minimum absolute atomic E-state index is 0.304. The van der Waals surface area contributed by atoms with Crippen molar-refractivity contribution in [2.75, 3.05) is 28.7 Å². The van der Waals surface area contributed by atoms with Crippen LogP contribution in [-0.4, -0.2) is 33.0 Å². The maximum atomic E-state index is 5.40. The number of oxazole rings is 1. The molecule has 2 aromatic rings. The molecule has 9 nitrogen and oxygen atoms in total. The van der Waals surface area contributed by atoms with E-state index in [-0.39, 0.29) is 0 Å². The Morgan fingerprint density at radius 2 is 1.90 bits per heavy atom. The van der Waals surface area contributed by atoms with Crippen molar-refractivity contribution in [1.29, 1.82) is 0 Å². The minimum Gasteiger partial charge on any atom is -0.444 e. The summed E-state index contributed by atoms with van der Waals surface area (Å²) in [7, 11) is 0. The van der Waals surface area contributed by atoms with Crippen LogP contribution in [0.1, 0.15) is 25.5 Å². The van der Waals surface area contributed by atoms with E-state index in [1.165, 1.54) is 0 Å². The van der Waals surface area contributed by atoms with Crippen molar-refractivity contribution in [1.82, 2.24) is 19.9 Å². The first-order chi connectivity index (χ1) is 10.2. The number of aryl methyl sites for hydroxylation is 1. The van der Waals surface area contributed by atoms with Gasteiger partial charge in [0.1, 0.15) is 5.76 Å². The summed E-state index contributed by atoms with van der Waals surface area (Å²) >= 11 is 0. The zero-order chi connectivity index (χ0) is 15.2. The summed E-state index contributed by atoms with van der Waals surface area (Å²) in [4.78, 5) is 18.9. The van der Waals surface area contributed by atoms with Crippen LogP contribution in [0.5, 0.6) is 0 Å². The molecule has 0 aliphatic heterocycles. The molecule has 2 aromatic heterocycles. The molecule has 4 N–H and O–H groups in total. The van der Waals surface area contributed by atoms with Gasteiger partial charge in [-0.05, 0) is 20.8 Å². The molecule has 0 aliphatic rings. The molecule has 0 radical (unpaired) electrons. The van der Waals surface area contributed by atoms with Crippen molar-refractivity contribution in [2.45, 2.75) is 27.3 Å². The molecule has 0 bridgehead atoms. The minimum atomic E-state index is 0.304. The Balaban J connectivity index is 2.16. The van der Waals surface area contributed by atoms with Crippen LogP contribution in [0.25, 0.3) is 0 Å². The monoisotopic (exact) mass is 292 g/mol. The summed E-state index contributed by atoms with van der Waals surface area (Å²) in [5, 5.41) is 3.05. The van der Waals surface area contributed by atoms with Gasteiger partial charge in [-0.25, -0.2) is 10.8 Å². The van der Waals surface area contributed by atoms with Gasteiger partial charge in [0.25, 0.3) is 0 Å². The average molecular weight is 292 g/mol. The van der Waals surface area contributed by atoms with E-state index in [1.54, 1.807) is 6.20 Å². The SMILES string of the molecule is CCN(CC)c1nc(NN)nc(NCc2ncc(C)o2)n1. The summed E-state index contributed by atoms with van der Waals surface area (Å²) in [6.07, 6.45) is 1.67. The Labute approximate surface area is 123 Å². The Bertz CT molecular complexity index is 580. The van der Waals surface area contributed by atoms with Gasteiger partial charge in [0.2, 0.25) is 23.7 Å². The first-order valence-electron chi connectivity index (χ1n) is 6.79. The summed E-state index contributed by atoms with van der Waals surface area (Å²) < 4.78 is 5.39. The van der Waals surface area contributed by atoms with E-state index in [4.69, 9.17) is 10.3 Å². The number of nitrogens with two attached hydrogens (primary N) is 1. The van der Waals surface area contributed by atoms with Crippen molar-refractivity contribution < 1.29 is 4.42 Å². The predicted octanol–water partition coefficient (Wildman–Crippen LogP) is 0.912. The van der Waals surface area contributed by atoms with Crippen LogP contribution in [0, 0.1) is 6.92 Å². The fourth-order valence-electron chi connectivity index (χ4n) is 1.79. The molecule has 0 amide bonds. The van der Waals surface area contributed by atoms with Crippen LogP contribution in [0.15, 0.2) is 10.6 Å². The van der Waals surface area contributed by atoms with Crippen molar-refractivity contribution in [3.8, 4) is 0 Å². The van der Waals surface area contributed by atoms with Gasteiger partial charge in [0, 0.05) is 13.1 Å². The molecule has 0 aliphatic carbocycles. The summed E-state index contributed by atoms with van der Waals surface area (Å²) in [6, 6.07) is 0.